The smallest absolute Gasteiger partial charge is 0.174 e. The van der Waals surface area contributed by atoms with Gasteiger partial charge in [0, 0.05) is 12.7 Å². The largest absolute Gasteiger partial charge is 0.369 e. The van der Waals surface area contributed by atoms with E-state index in [0.717, 1.165) is 18.7 Å². The van der Waals surface area contributed by atoms with Crippen LogP contribution in [0.1, 0.15) is 19.0 Å². The summed E-state index contributed by atoms with van der Waals surface area (Å²) in [6.45, 7) is 4.80. The molecule has 0 aliphatic rings. The Kier molecular flexibility index (Phi) is 4.09. The summed E-state index contributed by atoms with van der Waals surface area (Å²) >= 11 is 12.2. The summed E-state index contributed by atoms with van der Waals surface area (Å²) < 4.78 is 1.64. The second-order valence-corrected chi connectivity index (χ2v) is 4.77. The van der Waals surface area contributed by atoms with Crippen LogP contribution in [-0.2, 0) is 0 Å². The highest BCUT2D eigenvalue weighted by Gasteiger charge is 2.11. The molecule has 96 valence electrons. The summed E-state index contributed by atoms with van der Waals surface area (Å²) in [5, 5.41) is 8.45. The Morgan fingerprint density at radius 1 is 1.33 bits per heavy atom. The molecule has 4 nitrogen and oxygen atoms in total. The van der Waals surface area contributed by atoms with Crippen LogP contribution in [-0.4, -0.2) is 21.3 Å². The molecule has 0 atom stereocenters. The first-order valence-corrected chi connectivity index (χ1v) is 6.50. The van der Waals surface area contributed by atoms with Crippen molar-refractivity contribution in [2.75, 3.05) is 11.9 Å². The normalized spacial score (nSPS) is 10.7. The first-order chi connectivity index (χ1) is 8.61. The topological polar surface area (TPSA) is 42.7 Å². The van der Waals surface area contributed by atoms with Crippen LogP contribution in [0.4, 0.5) is 5.82 Å². The minimum absolute atomic E-state index is 0.477. The van der Waals surface area contributed by atoms with Gasteiger partial charge in [-0.05, 0) is 25.5 Å². The van der Waals surface area contributed by atoms with Gasteiger partial charge in [-0.15, -0.1) is 0 Å². The maximum absolute atomic E-state index is 6.14. The minimum atomic E-state index is 0.477. The van der Waals surface area contributed by atoms with Crippen molar-refractivity contribution in [1.29, 1.82) is 0 Å². The van der Waals surface area contributed by atoms with Gasteiger partial charge in [0.1, 0.15) is 5.82 Å². The summed E-state index contributed by atoms with van der Waals surface area (Å²) in [4.78, 5) is 4.42. The van der Waals surface area contributed by atoms with E-state index in [4.69, 9.17) is 23.2 Å². The molecule has 2 aromatic heterocycles. The number of rotatable bonds is 4. The molecule has 18 heavy (non-hydrogen) atoms. The number of hydrogen-bond donors (Lipinski definition) is 1. The maximum atomic E-state index is 6.14. The van der Waals surface area contributed by atoms with Crippen molar-refractivity contribution in [3.8, 4) is 5.82 Å². The standard InChI is InChI=1S/C12H14Cl2N4/c1-3-5-15-11-9(13)7-10(14)12(16-11)18-6-4-8(2)17-18/h4,6-7H,3,5H2,1-2H3,(H,15,16). The molecule has 0 fully saturated rings. The first kappa shape index (κ1) is 13.2. The highest BCUT2D eigenvalue weighted by atomic mass is 35.5. The molecule has 0 saturated heterocycles. The van der Waals surface area contributed by atoms with Gasteiger partial charge in [-0.2, -0.15) is 5.10 Å². The molecule has 0 aromatic carbocycles. The zero-order valence-electron chi connectivity index (χ0n) is 10.2. The number of aromatic nitrogens is 3. The molecule has 0 aliphatic carbocycles. The number of pyridine rings is 1. The Labute approximate surface area is 116 Å². The van der Waals surface area contributed by atoms with Gasteiger partial charge < -0.3 is 5.32 Å². The lowest BCUT2D eigenvalue weighted by Crippen LogP contribution is -2.07. The van der Waals surface area contributed by atoms with Crippen molar-refractivity contribution in [3.05, 3.63) is 34.1 Å². The summed E-state index contributed by atoms with van der Waals surface area (Å²) in [7, 11) is 0. The average Bonchev–Trinajstić information content (AvgIpc) is 2.74. The molecule has 1 N–H and O–H groups in total. The minimum Gasteiger partial charge on any atom is -0.369 e. The van der Waals surface area contributed by atoms with E-state index in [1.54, 1.807) is 10.7 Å². The summed E-state index contributed by atoms with van der Waals surface area (Å²) in [5.74, 6) is 1.21. The summed E-state index contributed by atoms with van der Waals surface area (Å²) in [6, 6.07) is 3.58. The van der Waals surface area contributed by atoms with E-state index in [0.29, 0.717) is 21.7 Å². The zero-order chi connectivity index (χ0) is 13.1. The second kappa shape index (κ2) is 5.59. The van der Waals surface area contributed by atoms with E-state index in [9.17, 15) is 0 Å². The van der Waals surface area contributed by atoms with Gasteiger partial charge in [-0.25, -0.2) is 9.67 Å². The number of hydrogen-bond acceptors (Lipinski definition) is 3. The highest BCUT2D eigenvalue weighted by molar-refractivity contribution is 6.36. The van der Waals surface area contributed by atoms with E-state index in [1.165, 1.54) is 0 Å². The number of anilines is 1. The van der Waals surface area contributed by atoms with E-state index >= 15 is 0 Å². The molecule has 0 amide bonds. The fourth-order valence-electron chi connectivity index (χ4n) is 1.52. The second-order valence-electron chi connectivity index (χ2n) is 3.95. The van der Waals surface area contributed by atoms with E-state index in [2.05, 4.69) is 22.3 Å². The van der Waals surface area contributed by atoms with Gasteiger partial charge in [0.05, 0.1) is 15.7 Å². The van der Waals surface area contributed by atoms with Crippen molar-refractivity contribution in [1.82, 2.24) is 14.8 Å². The van der Waals surface area contributed by atoms with Crippen LogP contribution in [0.25, 0.3) is 5.82 Å². The SMILES string of the molecule is CCCNc1nc(-n2ccc(C)n2)c(Cl)cc1Cl. The third-order valence-electron chi connectivity index (χ3n) is 2.39. The maximum Gasteiger partial charge on any atom is 0.174 e. The quantitative estimate of drug-likeness (QED) is 0.931. The molecule has 0 unspecified atom stereocenters. The Hall–Kier alpha value is -1.26. The third-order valence-corrected chi connectivity index (χ3v) is 2.96. The fourth-order valence-corrected chi connectivity index (χ4v) is 2.03. The lowest BCUT2D eigenvalue weighted by atomic mass is 10.4. The fraction of sp³-hybridized carbons (Fsp3) is 0.333. The van der Waals surface area contributed by atoms with E-state index in [1.807, 2.05) is 19.2 Å². The number of nitrogens with zero attached hydrogens (tertiary/aromatic N) is 3. The van der Waals surface area contributed by atoms with Gasteiger partial charge in [0.25, 0.3) is 0 Å². The van der Waals surface area contributed by atoms with Crippen molar-refractivity contribution in [2.45, 2.75) is 20.3 Å². The summed E-state index contributed by atoms with van der Waals surface area (Å²) in [6.07, 6.45) is 2.82. The summed E-state index contributed by atoms with van der Waals surface area (Å²) in [5.41, 5.74) is 0.908. The van der Waals surface area contributed by atoms with Crippen LogP contribution in [0, 0.1) is 6.92 Å². The molecule has 0 saturated carbocycles. The molecule has 0 radical (unpaired) electrons. The number of nitrogens with one attached hydrogen (secondary N) is 1. The Bertz CT molecular complexity index is 551. The molecule has 6 heteroatoms. The van der Waals surface area contributed by atoms with Crippen LogP contribution in [0.2, 0.25) is 10.0 Å². The molecule has 0 spiro atoms. The van der Waals surface area contributed by atoms with Crippen molar-refractivity contribution in [2.24, 2.45) is 0 Å². The molecule has 0 aliphatic heterocycles. The van der Waals surface area contributed by atoms with E-state index < -0.39 is 0 Å². The van der Waals surface area contributed by atoms with E-state index in [-0.39, 0.29) is 0 Å². The van der Waals surface area contributed by atoms with Crippen molar-refractivity contribution < 1.29 is 0 Å². The molecule has 0 bridgehead atoms. The monoisotopic (exact) mass is 284 g/mol. The highest BCUT2D eigenvalue weighted by Crippen LogP contribution is 2.28. The predicted octanol–water partition coefficient (Wildman–Crippen LogP) is 3.70. The Balaban J connectivity index is 2.41. The van der Waals surface area contributed by atoms with Gasteiger partial charge in [-0.3, -0.25) is 0 Å². The van der Waals surface area contributed by atoms with Gasteiger partial charge >= 0.3 is 0 Å². The van der Waals surface area contributed by atoms with Gasteiger partial charge in [-0.1, -0.05) is 30.1 Å². The molecular weight excluding hydrogens is 271 g/mol. The average molecular weight is 285 g/mol. The predicted molar refractivity (Wildman–Crippen MR) is 74.9 cm³/mol. The van der Waals surface area contributed by atoms with Crippen LogP contribution >= 0.6 is 23.2 Å². The van der Waals surface area contributed by atoms with Crippen molar-refractivity contribution in [3.63, 3.8) is 0 Å². The Morgan fingerprint density at radius 2 is 2.11 bits per heavy atom. The lowest BCUT2D eigenvalue weighted by Gasteiger charge is -2.10. The van der Waals surface area contributed by atoms with Gasteiger partial charge in [0.2, 0.25) is 0 Å². The number of halogens is 2. The van der Waals surface area contributed by atoms with Gasteiger partial charge in [0.15, 0.2) is 5.82 Å². The molecular formula is C12H14Cl2N4. The molecule has 2 heterocycles. The molecule has 2 rings (SSSR count). The number of aryl methyl sites for hydroxylation is 1. The lowest BCUT2D eigenvalue weighted by molar-refractivity contribution is 0.831. The Morgan fingerprint density at radius 3 is 2.72 bits per heavy atom. The van der Waals surface area contributed by atoms with Crippen molar-refractivity contribution >= 4 is 29.0 Å². The van der Waals surface area contributed by atoms with Crippen LogP contribution in [0.5, 0.6) is 0 Å². The van der Waals surface area contributed by atoms with Crippen LogP contribution < -0.4 is 5.32 Å². The van der Waals surface area contributed by atoms with Crippen LogP contribution in [0.15, 0.2) is 18.3 Å². The zero-order valence-corrected chi connectivity index (χ0v) is 11.8. The van der Waals surface area contributed by atoms with Crippen LogP contribution in [0.3, 0.4) is 0 Å². The molecule has 2 aromatic rings. The first-order valence-electron chi connectivity index (χ1n) is 5.74. The third kappa shape index (κ3) is 2.76.